The van der Waals surface area contributed by atoms with Gasteiger partial charge in [-0.05, 0) is 30.0 Å². The monoisotopic (exact) mass is 410 g/mol. The molecular formula is C21H18N2O3S2. The molecule has 0 aliphatic carbocycles. The van der Waals surface area contributed by atoms with Crippen LogP contribution >= 0.6 is 23.1 Å². The Morgan fingerprint density at radius 1 is 1.25 bits per heavy atom. The maximum absolute atomic E-state index is 12.7. The summed E-state index contributed by atoms with van der Waals surface area (Å²) in [5.41, 5.74) is 1.43. The van der Waals surface area contributed by atoms with Crippen molar-refractivity contribution in [2.24, 2.45) is 4.99 Å². The molecule has 2 aromatic carbocycles. The number of carbonyl (C=O) groups excluding carboxylic acids is 1. The van der Waals surface area contributed by atoms with E-state index in [1.165, 1.54) is 11.3 Å². The van der Waals surface area contributed by atoms with Gasteiger partial charge in [0.25, 0.3) is 5.91 Å². The van der Waals surface area contributed by atoms with Gasteiger partial charge < -0.3 is 14.0 Å². The Kier molecular flexibility index (Phi) is 5.42. The van der Waals surface area contributed by atoms with E-state index in [2.05, 4.69) is 17.8 Å². The van der Waals surface area contributed by atoms with Crippen LogP contribution in [0.4, 0.5) is 0 Å². The van der Waals surface area contributed by atoms with Gasteiger partial charge >= 0.3 is 0 Å². The van der Waals surface area contributed by atoms with Crippen molar-refractivity contribution in [3.05, 3.63) is 46.8 Å². The first-order chi connectivity index (χ1) is 13.7. The van der Waals surface area contributed by atoms with Crippen LogP contribution < -0.4 is 14.3 Å². The van der Waals surface area contributed by atoms with Crippen molar-refractivity contribution >= 4 is 39.2 Å². The van der Waals surface area contributed by atoms with Crippen molar-refractivity contribution in [3.63, 3.8) is 0 Å². The van der Waals surface area contributed by atoms with Crippen LogP contribution in [0.25, 0.3) is 10.2 Å². The number of fused-ring (bicyclic) bond motifs is 2. The number of rotatable bonds is 4. The molecule has 0 fully saturated rings. The number of benzene rings is 2. The summed E-state index contributed by atoms with van der Waals surface area (Å²) in [5, 5.41) is 0. The van der Waals surface area contributed by atoms with Crippen LogP contribution in [0.1, 0.15) is 17.3 Å². The average Bonchev–Trinajstić information content (AvgIpc) is 3.03. The number of amides is 1. The second kappa shape index (κ2) is 8.13. The van der Waals surface area contributed by atoms with E-state index in [0.29, 0.717) is 41.6 Å². The van der Waals surface area contributed by atoms with E-state index in [1.54, 1.807) is 11.8 Å². The van der Waals surface area contributed by atoms with Crippen LogP contribution in [0.5, 0.6) is 11.5 Å². The molecule has 1 aliphatic heterocycles. The number of nitrogens with zero attached hydrogens (tertiary/aromatic N) is 2. The number of thiazole rings is 1. The first-order valence-electron chi connectivity index (χ1n) is 8.88. The lowest BCUT2D eigenvalue weighted by atomic mass is 10.2. The van der Waals surface area contributed by atoms with Crippen LogP contribution in [-0.2, 0) is 6.54 Å². The fourth-order valence-corrected chi connectivity index (χ4v) is 4.65. The number of ether oxygens (including phenoxy) is 2. The minimum atomic E-state index is -0.289. The Labute approximate surface area is 171 Å². The Bertz CT molecular complexity index is 1140. The Morgan fingerprint density at radius 2 is 1.96 bits per heavy atom. The van der Waals surface area contributed by atoms with Gasteiger partial charge in [0, 0.05) is 22.6 Å². The number of carbonyl (C=O) groups is 1. The zero-order valence-electron chi connectivity index (χ0n) is 15.3. The first kappa shape index (κ1) is 18.7. The third-order valence-corrected chi connectivity index (χ3v) is 6.14. The molecule has 0 atom stereocenters. The van der Waals surface area contributed by atoms with Gasteiger partial charge in [0.1, 0.15) is 13.2 Å². The topological polar surface area (TPSA) is 52.8 Å². The molecule has 0 saturated heterocycles. The highest BCUT2D eigenvalue weighted by molar-refractivity contribution is 7.99. The zero-order chi connectivity index (χ0) is 19.5. The van der Waals surface area contributed by atoms with Crippen molar-refractivity contribution < 1.29 is 14.3 Å². The fraction of sp³-hybridized carbons (Fsp3) is 0.238. The van der Waals surface area contributed by atoms with E-state index in [9.17, 15) is 4.79 Å². The van der Waals surface area contributed by atoms with Gasteiger partial charge in [-0.3, -0.25) is 4.79 Å². The lowest BCUT2D eigenvalue weighted by Gasteiger charge is -2.18. The molecule has 0 spiro atoms. The predicted octanol–water partition coefficient (Wildman–Crippen LogP) is 3.96. The standard InChI is InChI=1S/C21H18N2O3S2/c1-3-9-23-16-12-17-18(26-11-10-25-17)13-19(16)28-21(23)22-20(24)14-5-7-15(8-6-14)27-4-2/h1,5-8,12-13H,4,9-11H2,2H3. The van der Waals surface area contributed by atoms with E-state index < -0.39 is 0 Å². The van der Waals surface area contributed by atoms with Crippen molar-refractivity contribution in [2.45, 2.75) is 18.4 Å². The van der Waals surface area contributed by atoms with Crippen molar-refractivity contribution in [2.75, 3.05) is 19.0 Å². The molecule has 142 valence electrons. The average molecular weight is 411 g/mol. The summed E-state index contributed by atoms with van der Waals surface area (Å²) in [6, 6.07) is 11.3. The van der Waals surface area contributed by atoms with E-state index in [0.717, 1.165) is 20.9 Å². The van der Waals surface area contributed by atoms with Crippen molar-refractivity contribution in [1.82, 2.24) is 4.57 Å². The molecule has 0 radical (unpaired) electrons. The summed E-state index contributed by atoms with van der Waals surface area (Å²) in [4.78, 5) is 18.7. The molecule has 4 rings (SSSR count). The normalized spacial score (nSPS) is 13.5. The maximum atomic E-state index is 12.7. The smallest absolute Gasteiger partial charge is 0.279 e. The number of hydrogen-bond acceptors (Lipinski definition) is 5. The SMILES string of the molecule is C#CCn1c(=NC(=O)c2ccc(SCC)cc2)sc2cc3c(cc21)OCCO3. The molecule has 1 aromatic heterocycles. The van der Waals surface area contributed by atoms with Crippen LogP contribution in [-0.4, -0.2) is 29.4 Å². The van der Waals surface area contributed by atoms with Gasteiger partial charge in [-0.2, -0.15) is 4.99 Å². The first-order valence-corrected chi connectivity index (χ1v) is 10.7. The van der Waals surface area contributed by atoms with Gasteiger partial charge in [-0.1, -0.05) is 24.2 Å². The lowest BCUT2D eigenvalue weighted by Crippen LogP contribution is -2.17. The van der Waals surface area contributed by atoms with Gasteiger partial charge in [0.15, 0.2) is 16.3 Å². The Balaban J connectivity index is 1.77. The quantitative estimate of drug-likeness (QED) is 0.483. The summed E-state index contributed by atoms with van der Waals surface area (Å²) in [6.07, 6.45) is 5.55. The third-order valence-electron chi connectivity index (χ3n) is 4.21. The van der Waals surface area contributed by atoms with Gasteiger partial charge in [-0.15, -0.1) is 18.2 Å². The van der Waals surface area contributed by atoms with Gasteiger partial charge in [-0.25, -0.2) is 0 Å². The number of aromatic nitrogens is 1. The summed E-state index contributed by atoms with van der Waals surface area (Å²) in [6.45, 7) is 3.45. The van der Waals surface area contributed by atoms with E-state index in [-0.39, 0.29) is 5.91 Å². The summed E-state index contributed by atoms with van der Waals surface area (Å²) < 4.78 is 14.1. The zero-order valence-corrected chi connectivity index (χ0v) is 16.9. The molecule has 0 saturated carbocycles. The summed E-state index contributed by atoms with van der Waals surface area (Å²) in [7, 11) is 0. The highest BCUT2D eigenvalue weighted by atomic mass is 32.2. The number of hydrogen-bond donors (Lipinski definition) is 0. The molecule has 0 unspecified atom stereocenters. The van der Waals surface area contributed by atoms with E-state index in [4.69, 9.17) is 15.9 Å². The highest BCUT2D eigenvalue weighted by Crippen LogP contribution is 2.35. The third kappa shape index (κ3) is 3.66. The molecule has 1 aliphatic rings. The molecule has 28 heavy (non-hydrogen) atoms. The second-order valence-corrected chi connectivity index (χ2v) is 8.36. The van der Waals surface area contributed by atoms with Crippen LogP contribution in [0.15, 0.2) is 46.3 Å². The van der Waals surface area contributed by atoms with Crippen LogP contribution in [0.3, 0.4) is 0 Å². The lowest BCUT2D eigenvalue weighted by molar-refractivity contribution is 0.0998. The predicted molar refractivity (Wildman–Crippen MR) is 112 cm³/mol. The number of terminal acetylenes is 1. The van der Waals surface area contributed by atoms with Crippen molar-refractivity contribution in [1.29, 1.82) is 0 Å². The van der Waals surface area contributed by atoms with Gasteiger partial charge in [0.2, 0.25) is 0 Å². The Hall–Kier alpha value is -2.69. The fourth-order valence-electron chi connectivity index (χ4n) is 2.95. The second-order valence-electron chi connectivity index (χ2n) is 6.01. The molecule has 2 heterocycles. The van der Waals surface area contributed by atoms with Crippen molar-refractivity contribution in [3.8, 4) is 23.8 Å². The van der Waals surface area contributed by atoms with Gasteiger partial charge in [0.05, 0.1) is 16.8 Å². The van der Waals surface area contributed by atoms with Crippen LogP contribution in [0.2, 0.25) is 0 Å². The summed E-state index contributed by atoms with van der Waals surface area (Å²) >= 11 is 3.15. The molecule has 3 aromatic rings. The summed E-state index contributed by atoms with van der Waals surface area (Å²) in [5.74, 6) is 4.73. The molecular weight excluding hydrogens is 392 g/mol. The molecule has 0 bridgehead atoms. The van der Waals surface area contributed by atoms with E-state index >= 15 is 0 Å². The maximum Gasteiger partial charge on any atom is 0.279 e. The minimum Gasteiger partial charge on any atom is -0.486 e. The highest BCUT2D eigenvalue weighted by Gasteiger charge is 2.16. The Morgan fingerprint density at radius 3 is 2.64 bits per heavy atom. The minimum absolute atomic E-state index is 0.289. The largest absolute Gasteiger partial charge is 0.486 e. The van der Waals surface area contributed by atoms with Crippen LogP contribution in [0, 0.1) is 12.3 Å². The molecule has 5 nitrogen and oxygen atoms in total. The molecule has 0 N–H and O–H groups in total. The number of thioether (sulfide) groups is 1. The molecule has 1 amide bonds. The molecule has 7 heteroatoms. The van der Waals surface area contributed by atoms with E-state index in [1.807, 2.05) is 41.0 Å².